The second-order valence-electron chi connectivity index (χ2n) is 5.90. The summed E-state index contributed by atoms with van der Waals surface area (Å²) in [6.07, 6.45) is 3.64. The van der Waals surface area contributed by atoms with Crippen molar-refractivity contribution < 1.29 is 9.53 Å². The average molecular weight is 349 g/mol. The summed E-state index contributed by atoms with van der Waals surface area (Å²) >= 11 is 6.01. The van der Waals surface area contributed by atoms with Crippen LogP contribution < -0.4 is 10.1 Å². The zero-order valence-corrected chi connectivity index (χ0v) is 14.6. The van der Waals surface area contributed by atoms with E-state index in [1.54, 1.807) is 18.3 Å². The third-order valence-electron chi connectivity index (χ3n) is 4.21. The molecule has 1 N–H and O–H groups in total. The fourth-order valence-corrected chi connectivity index (χ4v) is 2.98. The lowest BCUT2D eigenvalue weighted by Gasteiger charge is -2.35. The van der Waals surface area contributed by atoms with Gasteiger partial charge in [0.1, 0.15) is 17.6 Å². The van der Waals surface area contributed by atoms with Gasteiger partial charge in [-0.25, -0.2) is 4.98 Å². The van der Waals surface area contributed by atoms with Gasteiger partial charge in [0.15, 0.2) is 6.61 Å². The van der Waals surface area contributed by atoms with E-state index >= 15 is 0 Å². The highest BCUT2D eigenvalue weighted by Crippen LogP contribution is 2.23. The molecule has 1 aromatic heterocycles. The number of aryl methyl sites for hydroxylation is 2. The topological polar surface area (TPSA) is 59.4 Å². The number of amides is 1. The summed E-state index contributed by atoms with van der Waals surface area (Å²) < 4.78 is 7.60. The predicted octanol–water partition coefficient (Wildman–Crippen LogP) is 1.93. The molecule has 24 heavy (non-hydrogen) atoms. The summed E-state index contributed by atoms with van der Waals surface area (Å²) in [5.41, 5.74) is 0.926. The third kappa shape index (κ3) is 3.55. The van der Waals surface area contributed by atoms with Crippen LogP contribution in [0.2, 0.25) is 5.02 Å². The number of ether oxygens (including phenoxy) is 1. The molecule has 1 aliphatic heterocycles. The lowest BCUT2D eigenvalue weighted by molar-refractivity contribution is -0.137. The van der Waals surface area contributed by atoms with E-state index in [1.807, 2.05) is 35.7 Å². The predicted molar refractivity (Wildman–Crippen MR) is 92.2 cm³/mol. The van der Waals surface area contributed by atoms with Gasteiger partial charge < -0.3 is 19.5 Å². The molecular weight excluding hydrogens is 328 g/mol. The molecule has 0 spiro atoms. The van der Waals surface area contributed by atoms with Crippen LogP contribution in [0.15, 0.2) is 30.6 Å². The minimum Gasteiger partial charge on any atom is -0.484 e. The van der Waals surface area contributed by atoms with Gasteiger partial charge in [0.05, 0.1) is 0 Å². The summed E-state index contributed by atoms with van der Waals surface area (Å²) in [6.45, 7) is 4.01. The Kier molecular flexibility index (Phi) is 5.06. The van der Waals surface area contributed by atoms with Crippen molar-refractivity contribution in [1.29, 1.82) is 0 Å². The zero-order chi connectivity index (χ0) is 17.1. The van der Waals surface area contributed by atoms with Gasteiger partial charge in [-0.15, -0.1) is 0 Å². The number of piperazine rings is 1. The highest BCUT2D eigenvalue weighted by molar-refractivity contribution is 6.31. The van der Waals surface area contributed by atoms with Crippen LogP contribution in [0.3, 0.4) is 0 Å². The molecule has 3 rings (SSSR count). The molecule has 128 valence electrons. The Balaban J connectivity index is 1.68. The molecule has 0 bridgehead atoms. The van der Waals surface area contributed by atoms with Crippen molar-refractivity contribution in [3.63, 3.8) is 0 Å². The Hall–Kier alpha value is -2.05. The highest BCUT2D eigenvalue weighted by Gasteiger charge is 2.30. The molecule has 2 aromatic rings. The van der Waals surface area contributed by atoms with Gasteiger partial charge in [-0.3, -0.25) is 4.79 Å². The minimum absolute atomic E-state index is 0.00198. The number of carbonyl (C=O) groups excluding carboxylic acids is 1. The Morgan fingerprint density at radius 1 is 1.50 bits per heavy atom. The third-order valence-corrected chi connectivity index (χ3v) is 4.64. The Labute approximate surface area is 146 Å². The van der Waals surface area contributed by atoms with Gasteiger partial charge >= 0.3 is 0 Å². The van der Waals surface area contributed by atoms with E-state index in [-0.39, 0.29) is 18.6 Å². The molecule has 1 aliphatic rings. The number of hydrogen-bond donors (Lipinski definition) is 1. The monoisotopic (exact) mass is 348 g/mol. The van der Waals surface area contributed by atoms with Gasteiger partial charge in [-0.05, 0) is 30.7 Å². The number of aromatic nitrogens is 2. The van der Waals surface area contributed by atoms with Gasteiger partial charge in [-0.2, -0.15) is 0 Å². The molecule has 0 saturated carbocycles. The van der Waals surface area contributed by atoms with Crippen molar-refractivity contribution in [3.8, 4) is 5.75 Å². The molecule has 0 radical (unpaired) electrons. The molecule has 1 unspecified atom stereocenters. The van der Waals surface area contributed by atoms with Crippen molar-refractivity contribution in [3.05, 3.63) is 47.0 Å². The first-order valence-corrected chi connectivity index (χ1v) is 8.30. The molecule has 6 nitrogen and oxygen atoms in total. The number of benzene rings is 1. The number of halogens is 1. The standard InChI is InChI=1S/C17H21ClN4O2/c1-12-9-13(3-4-14(12)18)24-11-16(23)22-8-5-19-10-15(22)17-20-6-7-21(17)2/h3-4,6-7,9,15,19H,5,8,10-11H2,1-2H3. The van der Waals surface area contributed by atoms with E-state index in [4.69, 9.17) is 16.3 Å². The molecule has 1 fully saturated rings. The van der Waals surface area contributed by atoms with Gasteiger partial charge in [-0.1, -0.05) is 11.6 Å². The summed E-state index contributed by atoms with van der Waals surface area (Å²) in [5.74, 6) is 1.48. The van der Waals surface area contributed by atoms with Crippen LogP contribution in [-0.2, 0) is 11.8 Å². The smallest absolute Gasteiger partial charge is 0.261 e. The van der Waals surface area contributed by atoms with E-state index < -0.39 is 0 Å². The van der Waals surface area contributed by atoms with Crippen LogP contribution in [0.5, 0.6) is 5.75 Å². The number of nitrogens with zero attached hydrogens (tertiary/aromatic N) is 3. The minimum atomic E-state index is -0.0817. The molecule has 1 amide bonds. The average Bonchev–Trinajstić information content (AvgIpc) is 3.01. The molecule has 7 heteroatoms. The Morgan fingerprint density at radius 2 is 2.33 bits per heavy atom. The fraction of sp³-hybridized carbons (Fsp3) is 0.412. The normalized spacial score (nSPS) is 17.8. The largest absolute Gasteiger partial charge is 0.484 e. The van der Waals surface area contributed by atoms with E-state index in [2.05, 4.69) is 10.3 Å². The molecular formula is C17H21ClN4O2. The number of rotatable bonds is 4. The highest BCUT2D eigenvalue weighted by atomic mass is 35.5. The number of imidazole rings is 1. The summed E-state index contributed by atoms with van der Waals surface area (Å²) in [5, 5.41) is 4.01. The van der Waals surface area contributed by atoms with Crippen LogP contribution in [0, 0.1) is 6.92 Å². The number of hydrogen-bond acceptors (Lipinski definition) is 4. The zero-order valence-electron chi connectivity index (χ0n) is 13.8. The van der Waals surface area contributed by atoms with Gasteiger partial charge in [0.2, 0.25) is 0 Å². The SMILES string of the molecule is Cc1cc(OCC(=O)N2CCNCC2c2nccn2C)ccc1Cl. The second-order valence-corrected chi connectivity index (χ2v) is 6.31. The molecule has 1 saturated heterocycles. The number of nitrogens with one attached hydrogen (secondary N) is 1. The van der Waals surface area contributed by atoms with E-state index in [1.165, 1.54) is 0 Å². The molecule has 1 aromatic carbocycles. The lowest BCUT2D eigenvalue weighted by Crippen LogP contribution is -2.50. The van der Waals surface area contributed by atoms with E-state index in [0.29, 0.717) is 23.9 Å². The Morgan fingerprint density at radius 3 is 3.04 bits per heavy atom. The summed E-state index contributed by atoms with van der Waals surface area (Å²) in [4.78, 5) is 18.9. The van der Waals surface area contributed by atoms with Gasteiger partial charge in [0, 0.05) is 44.1 Å². The van der Waals surface area contributed by atoms with Crippen LogP contribution >= 0.6 is 11.6 Å². The lowest BCUT2D eigenvalue weighted by atomic mass is 10.1. The quantitative estimate of drug-likeness (QED) is 0.917. The van der Waals surface area contributed by atoms with Crippen LogP contribution in [0.25, 0.3) is 0 Å². The first-order chi connectivity index (χ1) is 11.6. The maximum Gasteiger partial charge on any atom is 0.261 e. The maximum atomic E-state index is 12.7. The van der Waals surface area contributed by atoms with Crippen molar-refractivity contribution >= 4 is 17.5 Å². The first kappa shape index (κ1) is 16.8. The first-order valence-electron chi connectivity index (χ1n) is 7.92. The van der Waals surface area contributed by atoms with Crippen LogP contribution in [0.4, 0.5) is 0 Å². The van der Waals surface area contributed by atoms with Crippen molar-refractivity contribution in [2.45, 2.75) is 13.0 Å². The molecule has 0 aliphatic carbocycles. The van der Waals surface area contributed by atoms with Crippen molar-refractivity contribution in [1.82, 2.24) is 19.8 Å². The summed E-state index contributed by atoms with van der Waals surface area (Å²) in [7, 11) is 1.94. The van der Waals surface area contributed by atoms with Crippen LogP contribution in [0.1, 0.15) is 17.4 Å². The van der Waals surface area contributed by atoms with E-state index in [0.717, 1.165) is 17.9 Å². The second kappa shape index (κ2) is 7.23. The molecule has 2 heterocycles. The molecule has 1 atom stereocenters. The van der Waals surface area contributed by atoms with Crippen molar-refractivity contribution in [2.24, 2.45) is 7.05 Å². The maximum absolute atomic E-state index is 12.7. The van der Waals surface area contributed by atoms with Gasteiger partial charge in [0.25, 0.3) is 5.91 Å². The number of carbonyl (C=O) groups is 1. The van der Waals surface area contributed by atoms with Crippen LogP contribution in [-0.4, -0.2) is 46.6 Å². The fourth-order valence-electron chi connectivity index (χ4n) is 2.87. The van der Waals surface area contributed by atoms with Crippen molar-refractivity contribution in [2.75, 3.05) is 26.2 Å². The van der Waals surface area contributed by atoms with E-state index in [9.17, 15) is 4.79 Å². The Bertz CT molecular complexity index is 731. The summed E-state index contributed by atoms with van der Waals surface area (Å²) in [6, 6.07) is 5.31.